The monoisotopic (exact) mass is 439 g/mol. The predicted octanol–water partition coefficient (Wildman–Crippen LogP) is 4.66. The summed E-state index contributed by atoms with van der Waals surface area (Å²) in [6, 6.07) is 22.0. The first-order chi connectivity index (χ1) is 16.1. The number of amides is 3. The fraction of sp³-hybridized carbons (Fsp3) is 0.222. The molecular weight excluding hydrogens is 414 g/mol. The second-order valence-electron chi connectivity index (χ2n) is 8.42. The first-order valence-electron chi connectivity index (χ1n) is 11.3. The van der Waals surface area contributed by atoms with E-state index in [2.05, 4.69) is 11.4 Å². The summed E-state index contributed by atoms with van der Waals surface area (Å²) in [4.78, 5) is 41.3. The minimum absolute atomic E-state index is 0.0410. The minimum atomic E-state index is -0.237. The van der Waals surface area contributed by atoms with Crippen LogP contribution in [0, 0.1) is 0 Å². The fourth-order valence-corrected chi connectivity index (χ4v) is 4.48. The van der Waals surface area contributed by atoms with E-state index in [1.165, 1.54) is 5.56 Å². The molecule has 5 rings (SSSR count). The van der Waals surface area contributed by atoms with Crippen LogP contribution in [0.5, 0.6) is 0 Å². The number of hydrogen-bond donors (Lipinski definition) is 1. The van der Waals surface area contributed by atoms with Crippen molar-refractivity contribution in [3.05, 3.63) is 89.5 Å². The molecule has 166 valence electrons. The Morgan fingerprint density at radius 3 is 2.24 bits per heavy atom. The number of nitrogens with zero attached hydrogens (tertiary/aromatic N) is 2. The number of carbonyl (C=O) groups is 3. The summed E-state index contributed by atoms with van der Waals surface area (Å²) >= 11 is 0. The summed E-state index contributed by atoms with van der Waals surface area (Å²) < 4.78 is 0. The first-order valence-corrected chi connectivity index (χ1v) is 11.3. The molecule has 1 N–H and O–H groups in total. The average Bonchev–Trinajstić information content (AvgIpc) is 3.29. The van der Waals surface area contributed by atoms with Crippen molar-refractivity contribution in [3.63, 3.8) is 0 Å². The van der Waals surface area contributed by atoms with Gasteiger partial charge in [-0.25, -0.2) is 0 Å². The van der Waals surface area contributed by atoms with Crippen molar-refractivity contribution in [2.45, 2.75) is 25.7 Å². The van der Waals surface area contributed by atoms with Crippen molar-refractivity contribution in [2.24, 2.45) is 0 Å². The molecule has 6 nitrogen and oxygen atoms in total. The molecule has 2 aliphatic rings. The molecule has 0 spiro atoms. The zero-order chi connectivity index (χ0) is 22.8. The lowest BCUT2D eigenvalue weighted by Gasteiger charge is -2.26. The molecule has 0 aliphatic carbocycles. The van der Waals surface area contributed by atoms with Crippen LogP contribution in [0.1, 0.15) is 45.5 Å². The van der Waals surface area contributed by atoms with Crippen molar-refractivity contribution < 1.29 is 14.4 Å². The number of anilines is 3. The summed E-state index contributed by atoms with van der Waals surface area (Å²) in [5, 5.41) is 2.87. The molecule has 1 saturated heterocycles. The summed E-state index contributed by atoms with van der Waals surface area (Å²) in [5.74, 6) is -0.148. The van der Waals surface area contributed by atoms with Crippen LogP contribution in [0.25, 0.3) is 0 Å². The van der Waals surface area contributed by atoms with Crippen LogP contribution in [0.15, 0.2) is 72.8 Å². The second kappa shape index (κ2) is 8.90. The summed E-state index contributed by atoms with van der Waals surface area (Å²) in [7, 11) is 0. The third kappa shape index (κ3) is 4.24. The van der Waals surface area contributed by atoms with Gasteiger partial charge in [0.25, 0.3) is 11.8 Å². The number of benzene rings is 3. The van der Waals surface area contributed by atoms with Crippen molar-refractivity contribution >= 4 is 34.8 Å². The van der Waals surface area contributed by atoms with Gasteiger partial charge in [0.05, 0.1) is 0 Å². The highest BCUT2D eigenvalue weighted by molar-refractivity contribution is 6.08. The van der Waals surface area contributed by atoms with Crippen molar-refractivity contribution in [2.75, 3.05) is 28.2 Å². The lowest BCUT2D eigenvalue weighted by Crippen LogP contribution is -2.35. The predicted molar refractivity (Wildman–Crippen MR) is 129 cm³/mol. The van der Waals surface area contributed by atoms with Crippen LogP contribution in [-0.4, -0.2) is 30.8 Å². The van der Waals surface area contributed by atoms with E-state index in [4.69, 9.17) is 0 Å². The van der Waals surface area contributed by atoms with Gasteiger partial charge in [-0.2, -0.15) is 0 Å². The molecule has 33 heavy (non-hydrogen) atoms. The maximum atomic E-state index is 13.0. The topological polar surface area (TPSA) is 69.7 Å². The number of hydrogen-bond acceptors (Lipinski definition) is 3. The Hall–Kier alpha value is -3.93. The lowest BCUT2D eigenvalue weighted by atomic mass is 10.1. The third-order valence-electron chi connectivity index (χ3n) is 6.29. The molecule has 3 amide bonds. The van der Waals surface area contributed by atoms with E-state index in [-0.39, 0.29) is 17.7 Å². The van der Waals surface area contributed by atoms with Crippen LogP contribution >= 0.6 is 0 Å². The van der Waals surface area contributed by atoms with E-state index in [0.717, 1.165) is 37.2 Å². The van der Waals surface area contributed by atoms with Gasteiger partial charge >= 0.3 is 0 Å². The maximum Gasteiger partial charge on any atom is 0.258 e. The lowest BCUT2D eigenvalue weighted by molar-refractivity contribution is -0.119. The van der Waals surface area contributed by atoms with Gasteiger partial charge in [-0.3, -0.25) is 14.4 Å². The standard InChI is InChI=1S/C27H25N3O3/c31-25-7-3-4-17-29(25)23-14-10-20(11-15-23)26(32)28-22-12-8-21(9-13-22)27(33)30-18-16-19-5-1-2-6-24(19)30/h1-2,5-6,8-15H,3-4,7,16-18H2,(H,28,32). The average molecular weight is 440 g/mol. The molecule has 0 bridgehead atoms. The molecule has 2 heterocycles. The summed E-state index contributed by atoms with van der Waals surface area (Å²) in [6.45, 7) is 1.40. The van der Waals surface area contributed by atoms with E-state index in [9.17, 15) is 14.4 Å². The molecule has 0 unspecified atom stereocenters. The molecule has 0 radical (unpaired) electrons. The molecule has 2 aliphatic heterocycles. The molecule has 0 atom stereocenters. The fourth-order valence-electron chi connectivity index (χ4n) is 4.48. The van der Waals surface area contributed by atoms with Crippen LogP contribution in [0.4, 0.5) is 17.1 Å². The highest BCUT2D eigenvalue weighted by atomic mass is 16.2. The van der Waals surface area contributed by atoms with Gasteiger partial charge in [0, 0.05) is 47.7 Å². The van der Waals surface area contributed by atoms with Crippen LogP contribution in [0.3, 0.4) is 0 Å². The van der Waals surface area contributed by atoms with Gasteiger partial charge in [0.15, 0.2) is 0 Å². The Morgan fingerprint density at radius 2 is 1.48 bits per heavy atom. The van der Waals surface area contributed by atoms with Gasteiger partial charge in [0.2, 0.25) is 5.91 Å². The Bertz CT molecular complexity index is 1200. The third-order valence-corrected chi connectivity index (χ3v) is 6.29. The van der Waals surface area contributed by atoms with Crippen molar-refractivity contribution in [3.8, 4) is 0 Å². The Morgan fingerprint density at radius 1 is 0.758 bits per heavy atom. The van der Waals surface area contributed by atoms with E-state index in [1.807, 2.05) is 30.3 Å². The Kier molecular flexibility index (Phi) is 5.65. The largest absolute Gasteiger partial charge is 0.322 e. The highest BCUT2D eigenvalue weighted by Gasteiger charge is 2.25. The zero-order valence-electron chi connectivity index (χ0n) is 18.3. The molecule has 3 aromatic carbocycles. The minimum Gasteiger partial charge on any atom is -0.322 e. The van der Waals surface area contributed by atoms with Crippen LogP contribution in [0.2, 0.25) is 0 Å². The van der Waals surface area contributed by atoms with E-state index >= 15 is 0 Å². The number of carbonyl (C=O) groups excluding carboxylic acids is 3. The quantitative estimate of drug-likeness (QED) is 0.643. The number of piperidine rings is 1. The summed E-state index contributed by atoms with van der Waals surface area (Å²) in [5.41, 5.74) is 4.69. The smallest absolute Gasteiger partial charge is 0.258 e. The van der Waals surface area contributed by atoms with Gasteiger partial charge in [-0.1, -0.05) is 18.2 Å². The van der Waals surface area contributed by atoms with Gasteiger partial charge in [-0.05, 0) is 79.4 Å². The number of nitrogens with one attached hydrogen (secondary N) is 1. The maximum absolute atomic E-state index is 13.0. The highest BCUT2D eigenvalue weighted by Crippen LogP contribution is 2.29. The van der Waals surface area contributed by atoms with Crippen molar-refractivity contribution in [1.29, 1.82) is 0 Å². The normalized spacial score (nSPS) is 15.3. The summed E-state index contributed by atoms with van der Waals surface area (Å²) in [6.07, 6.45) is 3.37. The molecule has 1 fully saturated rings. The Labute approximate surface area is 192 Å². The van der Waals surface area contributed by atoms with E-state index in [1.54, 1.807) is 46.2 Å². The number of fused-ring (bicyclic) bond motifs is 1. The first kappa shape index (κ1) is 20.9. The second-order valence-corrected chi connectivity index (χ2v) is 8.42. The van der Waals surface area contributed by atoms with Gasteiger partial charge in [0.1, 0.15) is 0 Å². The molecule has 6 heteroatoms. The van der Waals surface area contributed by atoms with Gasteiger partial charge in [-0.15, -0.1) is 0 Å². The van der Waals surface area contributed by atoms with Crippen molar-refractivity contribution in [1.82, 2.24) is 0 Å². The SMILES string of the molecule is O=C(Nc1ccc(C(=O)N2CCc3ccccc32)cc1)c1ccc(N2CCCCC2=O)cc1. The molecule has 0 aromatic heterocycles. The van der Waals surface area contributed by atoms with E-state index < -0.39 is 0 Å². The molecule has 3 aromatic rings. The van der Waals surface area contributed by atoms with E-state index in [0.29, 0.717) is 29.8 Å². The van der Waals surface area contributed by atoms with Crippen LogP contribution in [-0.2, 0) is 11.2 Å². The molecule has 0 saturated carbocycles. The number of para-hydroxylation sites is 1. The molecular formula is C27H25N3O3. The van der Waals surface area contributed by atoms with Gasteiger partial charge < -0.3 is 15.1 Å². The Balaban J connectivity index is 1.23. The van der Waals surface area contributed by atoms with Crippen LogP contribution < -0.4 is 15.1 Å². The number of rotatable bonds is 4. The zero-order valence-corrected chi connectivity index (χ0v) is 18.3.